The Hall–Kier alpha value is -2.65. The topological polar surface area (TPSA) is 88.9 Å². The lowest BCUT2D eigenvalue weighted by Gasteiger charge is -2.21. The Balaban J connectivity index is 1.67. The Bertz CT molecular complexity index is 1150. The van der Waals surface area contributed by atoms with Crippen molar-refractivity contribution in [3.05, 3.63) is 69.5 Å². The van der Waals surface area contributed by atoms with Crippen LogP contribution in [0.2, 0.25) is 0 Å². The van der Waals surface area contributed by atoms with Gasteiger partial charge in [-0.25, -0.2) is 0 Å². The molecule has 2 aromatic carbocycles. The van der Waals surface area contributed by atoms with E-state index in [0.717, 1.165) is 21.3 Å². The average Bonchev–Trinajstić information content (AvgIpc) is 3.14. The molecule has 0 aliphatic heterocycles. The Morgan fingerprint density at radius 1 is 1.09 bits per heavy atom. The molecule has 1 atom stereocenters. The Morgan fingerprint density at radius 3 is 2.42 bits per heavy atom. The van der Waals surface area contributed by atoms with Crippen molar-refractivity contribution >= 4 is 45.2 Å². The molecule has 3 aromatic rings. The van der Waals surface area contributed by atoms with Gasteiger partial charge >= 0.3 is 0 Å². The molecule has 7 nitrogen and oxygen atoms in total. The number of benzene rings is 2. The van der Waals surface area contributed by atoms with Crippen LogP contribution in [0.1, 0.15) is 47.2 Å². The minimum Gasteiger partial charge on any atom is -0.342 e. The Kier molecular flexibility index (Phi) is 8.31. The fourth-order valence-electron chi connectivity index (χ4n) is 3.26. The van der Waals surface area contributed by atoms with Crippen LogP contribution < -0.4 is 10.6 Å². The summed E-state index contributed by atoms with van der Waals surface area (Å²) in [5, 5.41) is 15.2. The van der Waals surface area contributed by atoms with E-state index in [0.29, 0.717) is 16.5 Å². The van der Waals surface area contributed by atoms with Crippen molar-refractivity contribution < 1.29 is 9.59 Å². The van der Waals surface area contributed by atoms with Gasteiger partial charge in [-0.05, 0) is 71.1 Å². The summed E-state index contributed by atoms with van der Waals surface area (Å²) in [7, 11) is 1.85. The zero-order valence-corrected chi connectivity index (χ0v) is 21.8. The first-order valence-electron chi connectivity index (χ1n) is 10.6. The highest BCUT2D eigenvalue weighted by molar-refractivity contribution is 9.10. The van der Waals surface area contributed by atoms with Crippen LogP contribution in [-0.2, 0) is 11.8 Å². The second-order valence-electron chi connectivity index (χ2n) is 8.21. The van der Waals surface area contributed by atoms with Crippen LogP contribution in [0.25, 0.3) is 0 Å². The molecule has 1 heterocycles. The van der Waals surface area contributed by atoms with Crippen LogP contribution in [-0.4, -0.2) is 32.3 Å². The number of aromatic nitrogens is 3. The van der Waals surface area contributed by atoms with E-state index >= 15 is 0 Å². The molecule has 2 amide bonds. The SMILES string of the molecule is Cc1cc(Br)c(NC(=O)CSc2nnc([C@H](NC(=O)c3ccccc3)C(C)C)n2C)cc1C. The van der Waals surface area contributed by atoms with Gasteiger partial charge < -0.3 is 15.2 Å². The molecule has 0 saturated heterocycles. The molecule has 174 valence electrons. The third-order valence-electron chi connectivity index (χ3n) is 5.33. The summed E-state index contributed by atoms with van der Waals surface area (Å²) in [4.78, 5) is 25.2. The summed E-state index contributed by atoms with van der Waals surface area (Å²) in [6, 6.07) is 12.7. The molecule has 0 aliphatic rings. The molecule has 33 heavy (non-hydrogen) atoms. The quantitative estimate of drug-likeness (QED) is 0.398. The molecule has 0 radical (unpaired) electrons. The van der Waals surface area contributed by atoms with E-state index in [2.05, 4.69) is 36.8 Å². The molecule has 0 aliphatic carbocycles. The van der Waals surface area contributed by atoms with E-state index in [-0.39, 0.29) is 29.5 Å². The second kappa shape index (κ2) is 11.0. The fourth-order valence-corrected chi connectivity index (χ4v) is 4.53. The maximum Gasteiger partial charge on any atom is 0.251 e. The van der Waals surface area contributed by atoms with Crippen molar-refractivity contribution in [2.75, 3.05) is 11.1 Å². The monoisotopic (exact) mass is 529 g/mol. The lowest BCUT2D eigenvalue weighted by Crippen LogP contribution is -2.33. The first-order chi connectivity index (χ1) is 15.7. The summed E-state index contributed by atoms with van der Waals surface area (Å²) < 4.78 is 2.68. The fraction of sp³-hybridized carbons (Fsp3) is 0.333. The van der Waals surface area contributed by atoms with Crippen LogP contribution in [0.4, 0.5) is 5.69 Å². The van der Waals surface area contributed by atoms with Crippen LogP contribution in [0.5, 0.6) is 0 Å². The van der Waals surface area contributed by atoms with Crippen molar-refractivity contribution in [1.29, 1.82) is 0 Å². The zero-order valence-electron chi connectivity index (χ0n) is 19.3. The highest BCUT2D eigenvalue weighted by Crippen LogP contribution is 2.27. The maximum atomic E-state index is 12.7. The molecule has 1 aromatic heterocycles. The highest BCUT2D eigenvalue weighted by atomic mass is 79.9. The number of carbonyl (C=O) groups is 2. The summed E-state index contributed by atoms with van der Waals surface area (Å²) >= 11 is 4.81. The number of amides is 2. The number of hydrogen-bond acceptors (Lipinski definition) is 5. The van der Waals surface area contributed by atoms with E-state index in [1.165, 1.54) is 11.8 Å². The van der Waals surface area contributed by atoms with Gasteiger partial charge in [0, 0.05) is 17.1 Å². The lowest BCUT2D eigenvalue weighted by molar-refractivity contribution is -0.113. The van der Waals surface area contributed by atoms with Gasteiger partial charge in [0.2, 0.25) is 5.91 Å². The van der Waals surface area contributed by atoms with Gasteiger partial charge in [-0.1, -0.05) is 43.8 Å². The number of nitrogens with zero attached hydrogens (tertiary/aromatic N) is 3. The number of anilines is 1. The van der Waals surface area contributed by atoms with Gasteiger partial charge in [0.25, 0.3) is 5.91 Å². The van der Waals surface area contributed by atoms with E-state index in [1.807, 2.05) is 69.6 Å². The molecule has 0 saturated carbocycles. The van der Waals surface area contributed by atoms with E-state index in [4.69, 9.17) is 0 Å². The largest absolute Gasteiger partial charge is 0.342 e. The number of halogens is 1. The minimum absolute atomic E-state index is 0.101. The standard InChI is InChI=1S/C24H28BrN5O2S/c1-14(2)21(27-23(32)17-9-7-6-8-10-17)22-28-29-24(30(22)5)33-13-20(31)26-19-12-16(4)15(3)11-18(19)25/h6-12,14,21H,13H2,1-5H3,(H,26,31)(H,27,32)/t21-/m1/s1. The summed E-state index contributed by atoms with van der Waals surface area (Å²) in [5.74, 6) is 0.641. The van der Waals surface area contributed by atoms with E-state index in [9.17, 15) is 9.59 Å². The van der Waals surface area contributed by atoms with Gasteiger partial charge in [0.1, 0.15) is 0 Å². The third-order valence-corrected chi connectivity index (χ3v) is 7.00. The first-order valence-corrected chi connectivity index (χ1v) is 12.4. The van der Waals surface area contributed by atoms with Gasteiger partial charge in [0.05, 0.1) is 17.5 Å². The van der Waals surface area contributed by atoms with Gasteiger partial charge in [-0.2, -0.15) is 0 Å². The molecule has 0 fully saturated rings. The molecule has 0 unspecified atom stereocenters. The zero-order chi connectivity index (χ0) is 24.1. The predicted octanol–water partition coefficient (Wildman–Crippen LogP) is 5.05. The van der Waals surface area contributed by atoms with Crippen molar-refractivity contribution in [3.8, 4) is 0 Å². The number of rotatable bonds is 8. The van der Waals surface area contributed by atoms with Crippen molar-refractivity contribution in [3.63, 3.8) is 0 Å². The summed E-state index contributed by atoms with van der Waals surface area (Å²) in [6.07, 6.45) is 0. The molecule has 0 bridgehead atoms. The van der Waals surface area contributed by atoms with Gasteiger partial charge in [0.15, 0.2) is 11.0 Å². The van der Waals surface area contributed by atoms with Crippen molar-refractivity contribution in [2.45, 2.75) is 38.9 Å². The van der Waals surface area contributed by atoms with Crippen LogP contribution in [0, 0.1) is 19.8 Å². The van der Waals surface area contributed by atoms with Gasteiger partial charge in [-0.3, -0.25) is 9.59 Å². The predicted molar refractivity (Wildman–Crippen MR) is 135 cm³/mol. The van der Waals surface area contributed by atoms with Crippen molar-refractivity contribution in [2.24, 2.45) is 13.0 Å². The summed E-state index contributed by atoms with van der Waals surface area (Å²) in [6.45, 7) is 8.08. The number of carbonyl (C=O) groups excluding carboxylic acids is 2. The van der Waals surface area contributed by atoms with Crippen LogP contribution in [0.15, 0.2) is 52.1 Å². The third kappa shape index (κ3) is 6.23. The first kappa shape index (κ1) is 25.0. The maximum absolute atomic E-state index is 12.7. The number of aryl methyl sites for hydroxylation is 2. The lowest BCUT2D eigenvalue weighted by atomic mass is 10.0. The Morgan fingerprint density at radius 2 is 1.76 bits per heavy atom. The molecule has 0 spiro atoms. The Labute approximate surface area is 206 Å². The molecule has 3 rings (SSSR count). The van der Waals surface area contributed by atoms with Crippen LogP contribution in [0.3, 0.4) is 0 Å². The number of thioether (sulfide) groups is 1. The highest BCUT2D eigenvalue weighted by Gasteiger charge is 2.25. The summed E-state index contributed by atoms with van der Waals surface area (Å²) in [5.41, 5.74) is 3.59. The van der Waals surface area contributed by atoms with Crippen molar-refractivity contribution in [1.82, 2.24) is 20.1 Å². The molecule has 2 N–H and O–H groups in total. The number of nitrogens with one attached hydrogen (secondary N) is 2. The van der Waals surface area contributed by atoms with Crippen LogP contribution >= 0.6 is 27.7 Å². The normalized spacial score (nSPS) is 12.0. The molecular weight excluding hydrogens is 502 g/mol. The van der Waals surface area contributed by atoms with E-state index < -0.39 is 0 Å². The minimum atomic E-state index is -0.315. The molecule has 9 heteroatoms. The van der Waals surface area contributed by atoms with E-state index in [1.54, 1.807) is 12.1 Å². The average molecular weight is 530 g/mol. The van der Waals surface area contributed by atoms with Gasteiger partial charge in [-0.15, -0.1) is 10.2 Å². The second-order valence-corrected chi connectivity index (χ2v) is 10.0. The smallest absolute Gasteiger partial charge is 0.251 e. The number of hydrogen-bond donors (Lipinski definition) is 2. The molecular formula is C24H28BrN5O2S.